The zero-order chi connectivity index (χ0) is 26.3. The number of halogens is 3. The van der Waals surface area contributed by atoms with Crippen LogP contribution in [0.1, 0.15) is 35.2 Å². The minimum absolute atomic E-state index is 0.0977. The molecule has 1 saturated heterocycles. The monoisotopic (exact) mass is 505 g/mol. The third-order valence-corrected chi connectivity index (χ3v) is 5.63. The average Bonchev–Trinajstić information content (AvgIpc) is 2.87. The second-order valence-electron chi connectivity index (χ2n) is 8.06. The molecule has 2 aromatic carbocycles. The number of alkyl halides is 3. The van der Waals surface area contributed by atoms with Gasteiger partial charge in [0.25, 0.3) is 5.91 Å². The van der Waals surface area contributed by atoms with Crippen molar-refractivity contribution in [2.45, 2.75) is 31.5 Å². The number of likely N-dealkylation sites (tertiary alicyclic amines) is 1. The van der Waals surface area contributed by atoms with Crippen LogP contribution in [0.5, 0.6) is 5.75 Å². The van der Waals surface area contributed by atoms with Gasteiger partial charge in [0.15, 0.2) is 0 Å². The van der Waals surface area contributed by atoms with Crippen molar-refractivity contribution in [3.63, 3.8) is 0 Å². The fraction of sp³-hybridized carbons (Fsp3) is 0.333. The van der Waals surface area contributed by atoms with E-state index < -0.39 is 17.9 Å². The molecule has 9 nitrogen and oxygen atoms in total. The zero-order valence-electron chi connectivity index (χ0n) is 19.5. The van der Waals surface area contributed by atoms with Crippen molar-refractivity contribution in [3.05, 3.63) is 59.7 Å². The number of ether oxygens (including phenoxy) is 1. The van der Waals surface area contributed by atoms with Gasteiger partial charge in [-0.1, -0.05) is 12.1 Å². The number of hydrogen-bond acceptors (Lipinski definition) is 4. The molecule has 3 rings (SSSR count). The first-order valence-electron chi connectivity index (χ1n) is 11.1. The summed E-state index contributed by atoms with van der Waals surface area (Å²) in [4.78, 5) is 41.0. The average molecular weight is 505 g/mol. The van der Waals surface area contributed by atoms with E-state index in [1.165, 1.54) is 31.4 Å². The number of amides is 4. The van der Waals surface area contributed by atoms with E-state index in [0.717, 1.165) is 12.8 Å². The summed E-state index contributed by atoms with van der Waals surface area (Å²) in [6.45, 7) is 0.752. The number of para-hydroxylation sites is 1. The van der Waals surface area contributed by atoms with Crippen LogP contribution < -0.4 is 21.1 Å². The largest absolute Gasteiger partial charge is 0.496 e. The highest BCUT2D eigenvalue weighted by atomic mass is 19.4. The van der Waals surface area contributed by atoms with Gasteiger partial charge in [0, 0.05) is 24.3 Å². The lowest BCUT2D eigenvalue weighted by Crippen LogP contribution is -2.50. The number of hydrogen-bond donors (Lipinski definition) is 3. The van der Waals surface area contributed by atoms with E-state index in [2.05, 4.69) is 15.6 Å². The third-order valence-electron chi connectivity index (χ3n) is 5.63. The molecule has 1 aliphatic heterocycles. The summed E-state index contributed by atoms with van der Waals surface area (Å²) in [7, 11) is 1.48. The van der Waals surface area contributed by atoms with E-state index in [4.69, 9.17) is 10.5 Å². The predicted octanol–water partition coefficient (Wildman–Crippen LogP) is 3.31. The highest BCUT2D eigenvalue weighted by Crippen LogP contribution is 2.21. The molecule has 0 spiro atoms. The normalized spacial score (nSPS) is 16.3. The summed E-state index contributed by atoms with van der Waals surface area (Å²) in [5.41, 5.74) is 6.36. The summed E-state index contributed by atoms with van der Waals surface area (Å²) >= 11 is 0. The number of benzene rings is 2. The Labute approximate surface area is 205 Å². The molecule has 36 heavy (non-hydrogen) atoms. The van der Waals surface area contributed by atoms with Crippen LogP contribution in [0.3, 0.4) is 0 Å². The van der Waals surface area contributed by atoms with Crippen LogP contribution in [0.15, 0.2) is 53.5 Å². The highest BCUT2D eigenvalue weighted by Gasteiger charge is 2.38. The number of nitrogens with zero attached hydrogens (tertiary/aromatic N) is 2. The van der Waals surface area contributed by atoms with E-state index in [0.29, 0.717) is 30.0 Å². The Morgan fingerprint density at radius 1 is 1.11 bits per heavy atom. The maximum atomic E-state index is 12.9. The summed E-state index contributed by atoms with van der Waals surface area (Å²) in [6, 6.07) is 11.8. The maximum absolute atomic E-state index is 12.9. The number of amidine groups is 1. The minimum Gasteiger partial charge on any atom is -0.496 e. The lowest BCUT2D eigenvalue weighted by molar-refractivity contribution is -0.169. The minimum atomic E-state index is -5.11. The molecule has 12 heteroatoms. The van der Waals surface area contributed by atoms with Crippen molar-refractivity contribution in [1.29, 1.82) is 0 Å². The molecule has 1 fully saturated rings. The second kappa shape index (κ2) is 11.6. The molecule has 2 aromatic rings. The predicted molar refractivity (Wildman–Crippen MR) is 127 cm³/mol. The first kappa shape index (κ1) is 26.5. The van der Waals surface area contributed by atoms with Crippen LogP contribution in [0.2, 0.25) is 0 Å². The van der Waals surface area contributed by atoms with Crippen LogP contribution in [0.25, 0.3) is 0 Å². The topological polar surface area (TPSA) is 126 Å². The van der Waals surface area contributed by atoms with Gasteiger partial charge < -0.3 is 26.0 Å². The lowest BCUT2D eigenvalue weighted by Gasteiger charge is -2.35. The molecule has 4 amide bonds. The van der Waals surface area contributed by atoms with E-state index in [9.17, 15) is 27.6 Å². The van der Waals surface area contributed by atoms with E-state index >= 15 is 0 Å². The first-order chi connectivity index (χ1) is 17.1. The van der Waals surface area contributed by atoms with Crippen LogP contribution in [-0.2, 0) is 4.79 Å². The van der Waals surface area contributed by atoms with E-state index in [-0.39, 0.29) is 30.1 Å². The number of urea groups is 1. The Balaban J connectivity index is 1.62. The molecular formula is C24H26F3N5O4. The van der Waals surface area contributed by atoms with Gasteiger partial charge in [0.1, 0.15) is 11.6 Å². The van der Waals surface area contributed by atoms with E-state index in [1.54, 1.807) is 29.2 Å². The highest BCUT2D eigenvalue weighted by molar-refractivity contribution is 6.05. The third kappa shape index (κ3) is 6.74. The lowest BCUT2D eigenvalue weighted by atomic mass is 10.0. The van der Waals surface area contributed by atoms with Crippen molar-refractivity contribution in [2.75, 3.05) is 25.5 Å². The quantitative estimate of drug-likeness (QED) is 0.410. The molecule has 0 saturated carbocycles. The molecular weight excluding hydrogens is 479 g/mol. The Kier molecular flexibility index (Phi) is 8.51. The SMILES string of the molecule is COc1ccccc1C(=O)NCC1CCCCN1C(=O)Nc1ccc(C(N)=NC(=O)C(F)(F)F)cc1. The molecule has 4 N–H and O–H groups in total. The van der Waals surface area contributed by atoms with Gasteiger partial charge in [-0.2, -0.15) is 18.2 Å². The molecule has 0 radical (unpaired) electrons. The fourth-order valence-corrected chi connectivity index (χ4v) is 3.78. The van der Waals surface area contributed by atoms with Crippen LogP contribution in [-0.4, -0.2) is 61.0 Å². The molecule has 0 aliphatic carbocycles. The first-order valence-corrected chi connectivity index (χ1v) is 11.1. The van der Waals surface area contributed by atoms with Crippen molar-refractivity contribution < 1.29 is 32.3 Å². The number of methoxy groups -OCH3 is 1. The zero-order valence-corrected chi connectivity index (χ0v) is 19.5. The van der Waals surface area contributed by atoms with Crippen LogP contribution in [0.4, 0.5) is 23.7 Å². The van der Waals surface area contributed by atoms with Gasteiger partial charge in [-0.3, -0.25) is 9.59 Å². The number of piperidine rings is 1. The van der Waals surface area contributed by atoms with E-state index in [1.807, 2.05) is 0 Å². The molecule has 1 heterocycles. The number of nitrogens with one attached hydrogen (secondary N) is 2. The number of carbonyl (C=O) groups excluding carboxylic acids is 3. The Morgan fingerprint density at radius 3 is 2.47 bits per heavy atom. The molecule has 1 atom stereocenters. The number of rotatable bonds is 6. The summed E-state index contributed by atoms with van der Waals surface area (Å²) in [5.74, 6) is -2.74. The number of carbonyl (C=O) groups is 3. The van der Waals surface area contributed by atoms with Gasteiger partial charge in [0.2, 0.25) is 0 Å². The Morgan fingerprint density at radius 2 is 1.81 bits per heavy atom. The fourth-order valence-electron chi connectivity index (χ4n) is 3.78. The maximum Gasteiger partial charge on any atom is 0.473 e. The van der Waals surface area contributed by atoms with Gasteiger partial charge in [-0.15, -0.1) is 0 Å². The second-order valence-corrected chi connectivity index (χ2v) is 8.06. The van der Waals surface area contributed by atoms with Gasteiger partial charge in [-0.05, 0) is 55.7 Å². The standard InChI is InChI=1S/C24H26F3N5O4/c1-36-19-8-3-2-7-18(19)21(33)29-14-17-6-4-5-13-32(17)23(35)30-16-11-9-15(10-12-16)20(28)31-22(34)24(25,26)27/h2-3,7-12,17H,4-6,13-14H2,1H3,(H,29,33)(H,30,35)(H2,28,31,34). The van der Waals surface area contributed by atoms with Crippen LogP contribution >= 0.6 is 0 Å². The van der Waals surface area contributed by atoms with Crippen molar-refractivity contribution >= 4 is 29.4 Å². The summed E-state index contributed by atoms with van der Waals surface area (Å²) < 4.78 is 42.3. The molecule has 1 unspecified atom stereocenters. The van der Waals surface area contributed by atoms with Crippen molar-refractivity contribution in [2.24, 2.45) is 10.7 Å². The van der Waals surface area contributed by atoms with Gasteiger partial charge in [0.05, 0.1) is 18.7 Å². The smallest absolute Gasteiger partial charge is 0.473 e. The van der Waals surface area contributed by atoms with Gasteiger partial charge >= 0.3 is 18.1 Å². The number of anilines is 1. The Bertz CT molecular complexity index is 1140. The van der Waals surface area contributed by atoms with Crippen LogP contribution in [0, 0.1) is 0 Å². The molecule has 192 valence electrons. The van der Waals surface area contributed by atoms with Crippen molar-refractivity contribution in [3.8, 4) is 5.75 Å². The summed E-state index contributed by atoms with van der Waals surface area (Å²) in [5, 5.41) is 5.60. The Hall–Kier alpha value is -4.09. The molecule has 0 aromatic heterocycles. The molecule has 1 aliphatic rings. The van der Waals surface area contributed by atoms with Crippen molar-refractivity contribution in [1.82, 2.24) is 10.2 Å². The molecule has 0 bridgehead atoms. The van der Waals surface area contributed by atoms with Gasteiger partial charge in [-0.25, -0.2) is 4.79 Å². The summed E-state index contributed by atoms with van der Waals surface area (Å²) in [6.07, 6.45) is -2.69. The number of nitrogens with two attached hydrogens (primary N) is 1. The number of aliphatic imine (C=N–C) groups is 1.